The molecule has 1 N–H and O–H groups in total. The topological polar surface area (TPSA) is 35.6 Å². The number of hydrogen-bond donors (Lipinski definition) is 1. The van der Waals surface area contributed by atoms with Crippen LogP contribution in [-0.2, 0) is 6.54 Å². The first-order valence-electron chi connectivity index (χ1n) is 9.96. The van der Waals surface area contributed by atoms with Gasteiger partial charge in [0.05, 0.1) is 0 Å². The average Bonchev–Trinajstić information content (AvgIpc) is 2.76. The average molecular weight is 424 g/mol. The summed E-state index contributed by atoms with van der Waals surface area (Å²) >= 11 is 5.95. The maximum absolute atomic E-state index is 13.9. The molecule has 0 bridgehead atoms. The summed E-state index contributed by atoms with van der Waals surface area (Å²) in [6.45, 7) is 4.14. The molecular formula is C24H23ClFN3O. The number of halogens is 2. The van der Waals surface area contributed by atoms with Gasteiger partial charge >= 0.3 is 0 Å². The molecule has 6 heteroatoms. The van der Waals surface area contributed by atoms with Crippen LogP contribution in [0, 0.1) is 5.82 Å². The van der Waals surface area contributed by atoms with E-state index in [9.17, 15) is 9.18 Å². The molecular weight excluding hydrogens is 401 g/mol. The van der Waals surface area contributed by atoms with E-state index in [4.69, 9.17) is 11.6 Å². The van der Waals surface area contributed by atoms with Gasteiger partial charge in [0.2, 0.25) is 0 Å². The number of nitrogens with one attached hydrogen (secondary N) is 1. The Labute approximate surface area is 180 Å². The van der Waals surface area contributed by atoms with E-state index >= 15 is 0 Å². The SMILES string of the molecule is O=C(Nc1ccc(N2CCN(Cc3ccccc3F)CC2)cc1)c1cccc(Cl)c1. The Bertz CT molecular complexity index is 1020. The number of carbonyl (C=O) groups excluding carboxylic acids is 1. The second-order valence-corrected chi connectivity index (χ2v) is 7.80. The van der Waals surface area contributed by atoms with Crippen LogP contribution in [0.3, 0.4) is 0 Å². The van der Waals surface area contributed by atoms with Gasteiger partial charge in [-0.25, -0.2) is 4.39 Å². The third-order valence-electron chi connectivity index (χ3n) is 5.30. The summed E-state index contributed by atoms with van der Waals surface area (Å²) in [6.07, 6.45) is 0. The van der Waals surface area contributed by atoms with Gasteiger partial charge in [0.1, 0.15) is 5.82 Å². The fourth-order valence-corrected chi connectivity index (χ4v) is 3.81. The van der Waals surface area contributed by atoms with Crippen molar-refractivity contribution < 1.29 is 9.18 Å². The molecule has 0 aromatic heterocycles. The Kier molecular flexibility index (Phi) is 6.31. The van der Waals surface area contributed by atoms with Gasteiger partial charge in [-0.2, -0.15) is 0 Å². The van der Waals surface area contributed by atoms with Crippen LogP contribution in [0.4, 0.5) is 15.8 Å². The second-order valence-electron chi connectivity index (χ2n) is 7.37. The smallest absolute Gasteiger partial charge is 0.255 e. The summed E-state index contributed by atoms with van der Waals surface area (Å²) in [5.74, 6) is -0.331. The lowest BCUT2D eigenvalue weighted by atomic mass is 10.1. The summed E-state index contributed by atoms with van der Waals surface area (Å²) in [4.78, 5) is 16.9. The molecule has 0 saturated carbocycles. The van der Waals surface area contributed by atoms with Gasteiger partial charge in [-0.15, -0.1) is 0 Å². The number of hydrogen-bond acceptors (Lipinski definition) is 3. The molecule has 0 aliphatic carbocycles. The first-order valence-corrected chi connectivity index (χ1v) is 10.3. The minimum atomic E-state index is -0.188. The highest BCUT2D eigenvalue weighted by Crippen LogP contribution is 2.21. The van der Waals surface area contributed by atoms with E-state index in [0.29, 0.717) is 17.1 Å². The molecule has 4 nitrogen and oxygen atoms in total. The fraction of sp³-hybridized carbons (Fsp3) is 0.208. The highest BCUT2D eigenvalue weighted by atomic mass is 35.5. The number of piperazine rings is 1. The monoisotopic (exact) mass is 423 g/mol. The molecule has 1 saturated heterocycles. The van der Waals surface area contributed by atoms with Crippen molar-refractivity contribution in [2.45, 2.75) is 6.54 Å². The normalized spacial score (nSPS) is 14.5. The van der Waals surface area contributed by atoms with Crippen molar-refractivity contribution in [1.82, 2.24) is 4.90 Å². The van der Waals surface area contributed by atoms with Crippen molar-refractivity contribution in [3.63, 3.8) is 0 Å². The number of anilines is 2. The van der Waals surface area contributed by atoms with E-state index in [1.54, 1.807) is 30.3 Å². The van der Waals surface area contributed by atoms with Crippen LogP contribution in [0.25, 0.3) is 0 Å². The number of amides is 1. The van der Waals surface area contributed by atoms with Crippen molar-refractivity contribution >= 4 is 28.9 Å². The summed E-state index contributed by atoms with van der Waals surface area (Å²) in [5, 5.41) is 3.43. The standard InChI is InChI=1S/C24H23ClFN3O/c25-20-6-3-5-18(16-20)24(30)27-21-8-10-22(11-9-21)29-14-12-28(13-15-29)17-19-4-1-2-7-23(19)26/h1-11,16H,12-15,17H2,(H,27,30). The van der Waals surface area contributed by atoms with Crippen molar-refractivity contribution in [3.8, 4) is 0 Å². The quantitative estimate of drug-likeness (QED) is 0.623. The lowest BCUT2D eigenvalue weighted by Gasteiger charge is -2.36. The fourth-order valence-electron chi connectivity index (χ4n) is 3.62. The summed E-state index contributed by atoms with van der Waals surface area (Å²) in [6, 6.07) is 21.7. The van der Waals surface area contributed by atoms with Crippen LogP contribution >= 0.6 is 11.6 Å². The predicted molar refractivity (Wildman–Crippen MR) is 120 cm³/mol. The van der Waals surface area contributed by atoms with E-state index < -0.39 is 0 Å². The Morgan fingerprint density at radius 1 is 0.933 bits per heavy atom. The van der Waals surface area contributed by atoms with Gasteiger partial charge in [-0.1, -0.05) is 35.9 Å². The molecule has 4 rings (SSSR count). The van der Waals surface area contributed by atoms with E-state index in [-0.39, 0.29) is 11.7 Å². The summed E-state index contributed by atoms with van der Waals surface area (Å²) < 4.78 is 13.9. The van der Waals surface area contributed by atoms with Crippen LogP contribution in [0.2, 0.25) is 5.02 Å². The molecule has 1 heterocycles. The molecule has 1 amide bonds. The molecule has 3 aromatic rings. The van der Waals surface area contributed by atoms with Gasteiger partial charge in [-0.05, 0) is 48.5 Å². The lowest BCUT2D eigenvalue weighted by molar-refractivity contribution is 0.102. The van der Waals surface area contributed by atoms with Crippen LogP contribution in [0.5, 0.6) is 0 Å². The number of benzene rings is 3. The van der Waals surface area contributed by atoms with Crippen molar-refractivity contribution in [3.05, 3.63) is 94.8 Å². The third-order valence-corrected chi connectivity index (χ3v) is 5.54. The molecule has 0 radical (unpaired) electrons. The second kappa shape index (κ2) is 9.28. The van der Waals surface area contributed by atoms with Crippen LogP contribution < -0.4 is 10.2 Å². The minimum absolute atomic E-state index is 0.143. The van der Waals surface area contributed by atoms with Crippen LogP contribution in [-0.4, -0.2) is 37.0 Å². The number of nitrogens with zero attached hydrogens (tertiary/aromatic N) is 2. The Morgan fingerprint density at radius 3 is 2.37 bits per heavy atom. The molecule has 0 unspecified atom stereocenters. The van der Waals surface area contributed by atoms with Gasteiger partial charge in [0, 0.05) is 60.2 Å². The van der Waals surface area contributed by atoms with Crippen molar-refractivity contribution in [2.75, 3.05) is 36.4 Å². The zero-order chi connectivity index (χ0) is 20.9. The van der Waals surface area contributed by atoms with Gasteiger partial charge in [0.25, 0.3) is 5.91 Å². The van der Waals surface area contributed by atoms with Gasteiger partial charge < -0.3 is 10.2 Å². The molecule has 30 heavy (non-hydrogen) atoms. The first-order chi connectivity index (χ1) is 14.6. The predicted octanol–water partition coefficient (Wildman–Crippen LogP) is 5.05. The minimum Gasteiger partial charge on any atom is -0.369 e. The van der Waals surface area contributed by atoms with E-state index in [1.165, 1.54) is 6.07 Å². The molecule has 1 fully saturated rings. The number of carbonyl (C=O) groups is 1. The van der Waals surface area contributed by atoms with Crippen LogP contribution in [0.1, 0.15) is 15.9 Å². The molecule has 154 valence electrons. The molecule has 1 aliphatic rings. The Balaban J connectivity index is 1.31. The highest BCUT2D eigenvalue weighted by Gasteiger charge is 2.18. The third kappa shape index (κ3) is 4.99. The Hall–Kier alpha value is -2.89. The van der Waals surface area contributed by atoms with Gasteiger partial charge in [-0.3, -0.25) is 9.69 Å². The summed E-state index contributed by atoms with van der Waals surface area (Å²) in [5.41, 5.74) is 3.12. The molecule has 0 spiro atoms. The maximum atomic E-state index is 13.9. The first kappa shape index (κ1) is 20.4. The molecule has 0 atom stereocenters. The van der Waals surface area contributed by atoms with Crippen molar-refractivity contribution in [1.29, 1.82) is 0 Å². The molecule has 1 aliphatic heterocycles. The van der Waals surface area contributed by atoms with Crippen LogP contribution in [0.15, 0.2) is 72.8 Å². The summed E-state index contributed by atoms with van der Waals surface area (Å²) in [7, 11) is 0. The highest BCUT2D eigenvalue weighted by molar-refractivity contribution is 6.31. The van der Waals surface area contributed by atoms with Gasteiger partial charge in [0.15, 0.2) is 0 Å². The number of rotatable bonds is 5. The molecule has 3 aromatic carbocycles. The maximum Gasteiger partial charge on any atom is 0.255 e. The lowest BCUT2D eigenvalue weighted by Crippen LogP contribution is -2.46. The van der Waals surface area contributed by atoms with Crippen molar-refractivity contribution in [2.24, 2.45) is 0 Å². The van der Waals surface area contributed by atoms with E-state index in [0.717, 1.165) is 43.1 Å². The van der Waals surface area contributed by atoms with E-state index in [1.807, 2.05) is 36.4 Å². The zero-order valence-corrected chi connectivity index (χ0v) is 17.3. The van der Waals surface area contributed by atoms with E-state index in [2.05, 4.69) is 15.1 Å². The largest absolute Gasteiger partial charge is 0.369 e. The Morgan fingerprint density at radius 2 is 1.67 bits per heavy atom. The zero-order valence-electron chi connectivity index (χ0n) is 16.5.